The third-order valence-corrected chi connectivity index (χ3v) is 3.78. The molecule has 3 aromatic rings. The van der Waals surface area contributed by atoms with Gasteiger partial charge in [0.2, 0.25) is 0 Å². The fourth-order valence-corrected chi connectivity index (χ4v) is 2.30. The predicted molar refractivity (Wildman–Crippen MR) is 86.4 cm³/mol. The van der Waals surface area contributed by atoms with Gasteiger partial charge >= 0.3 is 0 Å². The Morgan fingerprint density at radius 2 is 1.82 bits per heavy atom. The average Bonchev–Trinajstić information content (AvgIpc) is 2.97. The Hall–Kier alpha value is -2.04. The summed E-state index contributed by atoms with van der Waals surface area (Å²) < 4.78 is 7.38. The van der Waals surface area contributed by atoms with E-state index in [2.05, 4.69) is 10.3 Å². The van der Waals surface area contributed by atoms with E-state index < -0.39 is 0 Å². The van der Waals surface area contributed by atoms with Gasteiger partial charge in [-0.1, -0.05) is 52.7 Å². The molecule has 1 aromatic heterocycles. The van der Waals surface area contributed by atoms with Crippen molar-refractivity contribution in [2.45, 2.75) is 13.2 Å². The lowest BCUT2D eigenvalue weighted by Crippen LogP contribution is -2.00. The van der Waals surface area contributed by atoms with E-state index >= 15 is 0 Å². The Balaban J connectivity index is 1.62. The number of ether oxygens (including phenoxy) is 1. The number of para-hydroxylation sites is 1. The average molecular weight is 334 g/mol. The molecule has 22 heavy (non-hydrogen) atoms. The summed E-state index contributed by atoms with van der Waals surface area (Å²) in [6.07, 6.45) is 1.85. The molecule has 0 N–H and O–H groups in total. The number of rotatable bonds is 5. The third-order valence-electron chi connectivity index (χ3n) is 3.04. The topological polar surface area (TPSA) is 39.9 Å². The molecule has 0 amide bonds. The number of nitrogens with zero attached hydrogens (tertiary/aromatic N) is 3. The first kappa shape index (κ1) is 14.9. The molecule has 3 rings (SSSR count). The quantitative estimate of drug-likeness (QED) is 0.702. The van der Waals surface area contributed by atoms with Crippen molar-refractivity contribution in [1.29, 1.82) is 0 Å². The molecule has 0 radical (unpaired) electrons. The second-order valence-corrected chi connectivity index (χ2v) is 5.57. The molecule has 1 heterocycles. The fraction of sp³-hybridized carbons (Fsp3) is 0.125. The first-order valence-corrected chi connectivity index (χ1v) is 7.47. The van der Waals surface area contributed by atoms with Crippen LogP contribution in [0.15, 0.2) is 54.7 Å². The largest absolute Gasteiger partial charge is 0.487 e. The van der Waals surface area contributed by atoms with Crippen LogP contribution in [-0.2, 0) is 13.2 Å². The summed E-state index contributed by atoms with van der Waals surface area (Å²) >= 11 is 11.9. The van der Waals surface area contributed by atoms with Gasteiger partial charge < -0.3 is 4.74 Å². The molecule has 0 aliphatic rings. The van der Waals surface area contributed by atoms with Crippen molar-refractivity contribution in [3.8, 4) is 5.75 Å². The normalized spacial score (nSPS) is 10.6. The van der Waals surface area contributed by atoms with E-state index in [0.717, 1.165) is 17.0 Å². The van der Waals surface area contributed by atoms with E-state index in [0.29, 0.717) is 23.2 Å². The van der Waals surface area contributed by atoms with Crippen LogP contribution in [0.5, 0.6) is 5.75 Å². The maximum absolute atomic E-state index is 6.01. The maximum atomic E-state index is 6.01. The standard InChI is InChI=1S/C16H13Cl2N3O/c17-15-7-6-12(8-16(15)18)9-21-10-13(19-20-21)11-22-14-4-2-1-3-5-14/h1-8,10H,9,11H2. The Bertz CT molecular complexity index is 759. The van der Waals surface area contributed by atoms with Crippen LogP contribution in [0.2, 0.25) is 10.0 Å². The van der Waals surface area contributed by atoms with E-state index in [1.807, 2.05) is 48.7 Å². The summed E-state index contributed by atoms with van der Waals surface area (Å²) in [4.78, 5) is 0. The lowest BCUT2D eigenvalue weighted by atomic mass is 10.2. The van der Waals surface area contributed by atoms with Gasteiger partial charge in [-0.3, -0.25) is 0 Å². The van der Waals surface area contributed by atoms with Crippen LogP contribution in [-0.4, -0.2) is 15.0 Å². The number of hydrogen-bond acceptors (Lipinski definition) is 3. The SMILES string of the molecule is Clc1ccc(Cn2cc(COc3ccccc3)nn2)cc1Cl. The van der Waals surface area contributed by atoms with Crippen LogP contribution in [0.1, 0.15) is 11.3 Å². The van der Waals surface area contributed by atoms with Crippen LogP contribution in [0.4, 0.5) is 0 Å². The van der Waals surface area contributed by atoms with Gasteiger partial charge in [0.25, 0.3) is 0 Å². The van der Waals surface area contributed by atoms with Crippen molar-refractivity contribution in [2.24, 2.45) is 0 Å². The summed E-state index contributed by atoms with van der Waals surface area (Å²) in [6, 6.07) is 15.1. The lowest BCUT2D eigenvalue weighted by Gasteiger charge is -2.03. The summed E-state index contributed by atoms with van der Waals surface area (Å²) in [7, 11) is 0. The van der Waals surface area contributed by atoms with Gasteiger partial charge in [-0.15, -0.1) is 5.10 Å². The Morgan fingerprint density at radius 3 is 2.59 bits per heavy atom. The highest BCUT2D eigenvalue weighted by Crippen LogP contribution is 2.22. The zero-order valence-corrected chi connectivity index (χ0v) is 13.1. The van der Waals surface area contributed by atoms with Crippen molar-refractivity contribution in [2.75, 3.05) is 0 Å². The third kappa shape index (κ3) is 3.78. The van der Waals surface area contributed by atoms with Crippen LogP contribution in [0.25, 0.3) is 0 Å². The van der Waals surface area contributed by atoms with Gasteiger partial charge in [0.15, 0.2) is 0 Å². The van der Waals surface area contributed by atoms with Gasteiger partial charge in [0, 0.05) is 0 Å². The smallest absolute Gasteiger partial charge is 0.134 e. The first-order valence-electron chi connectivity index (χ1n) is 6.71. The summed E-state index contributed by atoms with van der Waals surface area (Å²) in [5.74, 6) is 0.807. The molecule has 0 aliphatic heterocycles. The molecule has 0 atom stereocenters. The summed E-state index contributed by atoms with van der Waals surface area (Å²) in [6.45, 7) is 0.959. The Kier molecular flexibility index (Phi) is 4.61. The maximum Gasteiger partial charge on any atom is 0.134 e. The highest BCUT2D eigenvalue weighted by atomic mass is 35.5. The molecule has 0 bridgehead atoms. The molecule has 112 valence electrons. The minimum absolute atomic E-state index is 0.380. The van der Waals surface area contributed by atoms with Crippen LogP contribution < -0.4 is 4.74 Å². The van der Waals surface area contributed by atoms with E-state index in [9.17, 15) is 0 Å². The molecule has 0 spiro atoms. The van der Waals surface area contributed by atoms with Crippen molar-refractivity contribution in [1.82, 2.24) is 15.0 Å². The van der Waals surface area contributed by atoms with Crippen molar-refractivity contribution in [3.05, 3.63) is 76.0 Å². The first-order chi connectivity index (χ1) is 10.7. The van der Waals surface area contributed by atoms with Crippen molar-refractivity contribution < 1.29 is 4.74 Å². The summed E-state index contributed by atoms with van der Waals surface area (Å²) in [5, 5.41) is 9.26. The summed E-state index contributed by atoms with van der Waals surface area (Å²) in [5.41, 5.74) is 1.78. The molecule has 6 heteroatoms. The molecule has 0 unspecified atom stereocenters. The predicted octanol–water partition coefficient (Wildman–Crippen LogP) is 4.21. The molecule has 0 fully saturated rings. The highest BCUT2D eigenvalue weighted by Gasteiger charge is 2.04. The molecule has 2 aromatic carbocycles. The zero-order valence-electron chi connectivity index (χ0n) is 11.6. The zero-order chi connectivity index (χ0) is 15.4. The Morgan fingerprint density at radius 1 is 1.00 bits per heavy atom. The molecule has 0 aliphatic carbocycles. The van der Waals surface area contributed by atoms with Crippen LogP contribution >= 0.6 is 23.2 Å². The van der Waals surface area contributed by atoms with Gasteiger partial charge in [-0.05, 0) is 29.8 Å². The number of aromatic nitrogens is 3. The number of benzene rings is 2. The number of hydrogen-bond donors (Lipinski definition) is 0. The van der Waals surface area contributed by atoms with E-state index in [1.54, 1.807) is 10.7 Å². The highest BCUT2D eigenvalue weighted by molar-refractivity contribution is 6.42. The molecular weight excluding hydrogens is 321 g/mol. The van der Waals surface area contributed by atoms with E-state index in [1.165, 1.54) is 0 Å². The second kappa shape index (κ2) is 6.81. The molecule has 4 nitrogen and oxygen atoms in total. The van der Waals surface area contributed by atoms with E-state index in [4.69, 9.17) is 27.9 Å². The molecule has 0 saturated heterocycles. The second-order valence-electron chi connectivity index (χ2n) is 4.76. The Labute approximate surface area is 138 Å². The van der Waals surface area contributed by atoms with Gasteiger partial charge in [-0.2, -0.15) is 0 Å². The fourth-order valence-electron chi connectivity index (χ4n) is 1.98. The molecular formula is C16H13Cl2N3O. The minimum Gasteiger partial charge on any atom is -0.487 e. The monoisotopic (exact) mass is 333 g/mol. The van der Waals surface area contributed by atoms with Crippen LogP contribution in [0, 0.1) is 0 Å². The number of halogens is 2. The van der Waals surface area contributed by atoms with Gasteiger partial charge in [-0.25, -0.2) is 4.68 Å². The van der Waals surface area contributed by atoms with Gasteiger partial charge in [0.1, 0.15) is 18.1 Å². The van der Waals surface area contributed by atoms with E-state index in [-0.39, 0.29) is 0 Å². The van der Waals surface area contributed by atoms with Crippen molar-refractivity contribution >= 4 is 23.2 Å². The van der Waals surface area contributed by atoms with Crippen molar-refractivity contribution in [3.63, 3.8) is 0 Å². The lowest BCUT2D eigenvalue weighted by molar-refractivity contribution is 0.301. The minimum atomic E-state index is 0.380. The molecule has 0 saturated carbocycles. The van der Waals surface area contributed by atoms with Crippen LogP contribution in [0.3, 0.4) is 0 Å². The van der Waals surface area contributed by atoms with Gasteiger partial charge in [0.05, 0.1) is 22.8 Å².